The first-order chi connectivity index (χ1) is 15.7. The maximum absolute atomic E-state index is 13.7. The van der Waals surface area contributed by atoms with Crippen molar-refractivity contribution in [2.24, 2.45) is 22.7 Å². The molecule has 0 spiro atoms. The molecular formula is C25H36O8S. The van der Waals surface area contributed by atoms with Gasteiger partial charge in [-0.3, -0.25) is 0 Å². The number of rotatable bonds is 6. The zero-order valence-corrected chi connectivity index (χ0v) is 21.2. The van der Waals surface area contributed by atoms with Crippen molar-refractivity contribution >= 4 is 15.8 Å². The predicted molar refractivity (Wildman–Crippen MR) is 125 cm³/mol. The Balaban J connectivity index is 1.88. The molecule has 0 saturated heterocycles. The van der Waals surface area contributed by atoms with E-state index in [0.717, 1.165) is 32.1 Å². The van der Waals surface area contributed by atoms with Crippen LogP contribution in [-0.4, -0.2) is 55.0 Å². The van der Waals surface area contributed by atoms with Crippen LogP contribution in [0.5, 0.6) is 11.5 Å². The van der Waals surface area contributed by atoms with Crippen LogP contribution < -0.4 is 9.47 Å². The van der Waals surface area contributed by atoms with Crippen LogP contribution in [0.2, 0.25) is 0 Å². The zero-order valence-electron chi connectivity index (χ0n) is 20.3. The minimum absolute atomic E-state index is 0.0179. The Hall–Kier alpha value is -1.84. The van der Waals surface area contributed by atoms with Crippen molar-refractivity contribution < 1.29 is 38.0 Å². The third kappa shape index (κ3) is 4.09. The number of hydrogen-bond donors (Lipinski definition) is 3. The summed E-state index contributed by atoms with van der Waals surface area (Å²) in [4.78, 5) is 11.1. The molecule has 1 heterocycles. The number of carbonyl (C=O) groups is 1. The minimum atomic E-state index is -3.73. The summed E-state index contributed by atoms with van der Waals surface area (Å²) < 4.78 is 38.5. The van der Waals surface area contributed by atoms with E-state index in [2.05, 4.69) is 27.7 Å². The molecule has 8 nitrogen and oxygen atoms in total. The fraction of sp³-hybridized carbons (Fsp3) is 0.720. The molecule has 1 aromatic rings. The van der Waals surface area contributed by atoms with Crippen LogP contribution in [0.15, 0.2) is 17.0 Å². The van der Waals surface area contributed by atoms with E-state index in [1.54, 1.807) is 0 Å². The first-order valence-corrected chi connectivity index (χ1v) is 13.6. The summed E-state index contributed by atoms with van der Waals surface area (Å²) in [6, 6.07) is 2.88. The van der Waals surface area contributed by atoms with Gasteiger partial charge >= 0.3 is 5.97 Å². The van der Waals surface area contributed by atoms with Gasteiger partial charge in [-0.05, 0) is 54.4 Å². The van der Waals surface area contributed by atoms with E-state index in [-0.39, 0.29) is 38.9 Å². The van der Waals surface area contributed by atoms with Gasteiger partial charge in [-0.1, -0.05) is 34.1 Å². The average molecular weight is 497 g/mol. The lowest BCUT2D eigenvalue weighted by Crippen LogP contribution is -2.60. The molecule has 1 aliphatic heterocycles. The number of benzene rings is 1. The maximum atomic E-state index is 13.7. The van der Waals surface area contributed by atoms with Crippen LogP contribution >= 0.6 is 0 Å². The molecule has 0 amide bonds. The molecule has 3 N–H and O–H groups in total. The van der Waals surface area contributed by atoms with Crippen LogP contribution in [0.4, 0.5) is 0 Å². The second-order valence-electron chi connectivity index (χ2n) is 11.5. The Morgan fingerprint density at radius 2 is 1.79 bits per heavy atom. The van der Waals surface area contributed by atoms with Gasteiger partial charge in [-0.2, -0.15) is 0 Å². The van der Waals surface area contributed by atoms with Gasteiger partial charge in [-0.25, -0.2) is 13.2 Å². The minimum Gasteiger partial charge on any atom is -0.488 e. The Morgan fingerprint density at radius 3 is 2.44 bits per heavy atom. The molecule has 2 fully saturated rings. The number of aliphatic hydroxyl groups excluding tert-OH is 1. The van der Waals surface area contributed by atoms with Gasteiger partial charge < -0.3 is 24.8 Å². The molecule has 9 heteroatoms. The molecule has 2 aliphatic carbocycles. The van der Waals surface area contributed by atoms with E-state index >= 15 is 0 Å². The standard InChI is InChI=1S/C25H36O8S/c1-23(2)7-5-8-24(3)18(23)6-9-25(4)19(24)14-34(30,31)17-11-15(32-12-20(26)27)10-16(22(17)25)33-13-21(28)29/h10-11,18-19,21,28-29H,5-9,12-14H2,1-4H3,(H,26,27). The maximum Gasteiger partial charge on any atom is 0.341 e. The fourth-order valence-electron chi connectivity index (χ4n) is 7.51. The summed E-state index contributed by atoms with van der Waals surface area (Å²) in [7, 11) is -3.73. The van der Waals surface area contributed by atoms with Gasteiger partial charge in [0.1, 0.15) is 18.1 Å². The van der Waals surface area contributed by atoms with Gasteiger partial charge in [-0.15, -0.1) is 0 Å². The topological polar surface area (TPSA) is 130 Å². The Labute approximate surface area is 201 Å². The average Bonchev–Trinajstić information content (AvgIpc) is 2.71. The third-order valence-electron chi connectivity index (χ3n) is 8.88. The summed E-state index contributed by atoms with van der Waals surface area (Å²) in [6.45, 7) is 7.88. The van der Waals surface area contributed by atoms with E-state index in [0.29, 0.717) is 11.5 Å². The molecule has 4 rings (SSSR count). The highest BCUT2D eigenvalue weighted by molar-refractivity contribution is 7.91. The number of hydrogen-bond acceptors (Lipinski definition) is 7. The van der Waals surface area contributed by atoms with E-state index in [4.69, 9.17) is 14.6 Å². The van der Waals surface area contributed by atoms with Crippen molar-refractivity contribution in [2.75, 3.05) is 19.0 Å². The molecule has 190 valence electrons. The van der Waals surface area contributed by atoms with Crippen LogP contribution in [0.1, 0.15) is 65.4 Å². The second-order valence-corrected chi connectivity index (χ2v) is 13.5. The molecule has 2 saturated carbocycles. The van der Waals surface area contributed by atoms with Gasteiger partial charge in [0.25, 0.3) is 0 Å². The molecule has 34 heavy (non-hydrogen) atoms. The second kappa shape index (κ2) is 8.38. The van der Waals surface area contributed by atoms with Crippen molar-refractivity contribution in [3.8, 4) is 11.5 Å². The largest absolute Gasteiger partial charge is 0.488 e. The van der Waals surface area contributed by atoms with E-state index in [1.807, 2.05) is 0 Å². The normalized spacial score (nSPS) is 33.4. The molecule has 1 aromatic carbocycles. The van der Waals surface area contributed by atoms with Crippen molar-refractivity contribution in [3.63, 3.8) is 0 Å². The Morgan fingerprint density at radius 1 is 1.09 bits per heavy atom. The number of carboxylic acid groups (broad SMARTS) is 1. The first kappa shape index (κ1) is 25.3. The predicted octanol–water partition coefficient (Wildman–Crippen LogP) is 3.13. The molecule has 3 aliphatic rings. The smallest absolute Gasteiger partial charge is 0.341 e. The van der Waals surface area contributed by atoms with E-state index < -0.39 is 40.7 Å². The summed E-state index contributed by atoms with van der Waals surface area (Å²) in [6.07, 6.45) is 3.18. The summed E-state index contributed by atoms with van der Waals surface area (Å²) in [5, 5.41) is 27.8. The van der Waals surface area contributed by atoms with Crippen LogP contribution in [0, 0.1) is 22.7 Å². The Bertz CT molecular complexity index is 1080. The lowest BCUT2D eigenvalue weighted by molar-refractivity contribution is -0.139. The van der Waals surface area contributed by atoms with Crippen LogP contribution in [0.25, 0.3) is 0 Å². The molecule has 4 atom stereocenters. The lowest BCUT2D eigenvalue weighted by Gasteiger charge is -2.63. The van der Waals surface area contributed by atoms with Crippen molar-refractivity contribution in [3.05, 3.63) is 17.7 Å². The summed E-state index contributed by atoms with van der Waals surface area (Å²) in [5.41, 5.74) is 0.0226. The van der Waals surface area contributed by atoms with Gasteiger partial charge in [0.05, 0.1) is 10.6 Å². The highest BCUT2D eigenvalue weighted by Gasteiger charge is 2.62. The number of ether oxygens (including phenoxy) is 2. The quantitative estimate of drug-likeness (QED) is 0.512. The number of fused-ring (bicyclic) bond motifs is 5. The fourth-order valence-corrected chi connectivity index (χ4v) is 9.82. The first-order valence-electron chi connectivity index (χ1n) is 12.0. The zero-order chi connectivity index (χ0) is 25.1. The molecule has 0 aromatic heterocycles. The summed E-state index contributed by atoms with van der Waals surface area (Å²) >= 11 is 0. The van der Waals surface area contributed by atoms with E-state index in [1.165, 1.54) is 12.1 Å². The monoisotopic (exact) mass is 496 g/mol. The van der Waals surface area contributed by atoms with E-state index in [9.17, 15) is 23.4 Å². The highest BCUT2D eigenvalue weighted by atomic mass is 32.2. The SMILES string of the molecule is CC1(C)CCCC2(C)C1CCC1(C)c3c(OCC(O)O)cc(OCC(=O)O)cc3S(=O)(=O)CC12. The highest BCUT2D eigenvalue weighted by Crippen LogP contribution is 2.67. The molecule has 0 radical (unpaired) electrons. The number of aliphatic carboxylic acids is 1. The van der Waals surface area contributed by atoms with Crippen LogP contribution in [0.3, 0.4) is 0 Å². The third-order valence-corrected chi connectivity index (χ3v) is 10.6. The lowest BCUT2D eigenvalue weighted by atomic mass is 9.43. The van der Waals surface area contributed by atoms with Crippen molar-refractivity contribution in [1.82, 2.24) is 0 Å². The number of sulfone groups is 1. The van der Waals surface area contributed by atoms with Gasteiger partial charge in [0.15, 0.2) is 22.7 Å². The Kier molecular flexibility index (Phi) is 6.23. The van der Waals surface area contributed by atoms with Gasteiger partial charge in [0.2, 0.25) is 0 Å². The molecule has 4 unspecified atom stereocenters. The van der Waals surface area contributed by atoms with Crippen LogP contribution in [-0.2, 0) is 20.0 Å². The number of carboxylic acids is 1. The molecule has 0 bridgehead atoms. The summed E-state index contributed by atoms with van der Waals surface area (Å²) in [5.74, 6) is -0.614. The number of aliphatic hydroxyl groups is 2. The van der Waals surface area contributed by atoms with Crippen molar-refractivity contribution in [2.45, 2.75) is 76.4 Å². The van der Waals surface area contributed by atoms with Crippen molar-refractivity contribution in [1.29, 1.82) is 0 Å². The van der Waals surface area contributed by atoms with Gasteiger partial charge in [0, 0.05) is 17.0 Å². The molecular weight excluding hydrogens is 460 g/mol.